The summed E-state index contributed by atoms with van der Waals surface area (Å²) in [5.74, 6) is -0.780. The van der Waals surface area contributed by atoms with Crippen LogP contribution in [0.3, 0.4) is 0 Å². The molecule has 8 nitrogen and oxygen atoms in total. The van der Waals surface area contributed by atoms with E-state index in [0.29, 0.717) is 17.4 Å². The number of benzene rings is 1. The van der Waals surface area contributed by atoms with E-state index in [1.54, 1.807) is 24.3 Å². The summed E-state index contributed by atoms with van der Waals surface area (Å²) in [6.45, 7) is 5.41. The van der Waals surface area contributed by atoms with Gasteiger partial charge in [-0.15, -0.1) is 5.10 Å². The molecule has 0 unspecified atom stereocenters. The molecule has 156 valence electrons. The molecule has 1 amide bonds. The lowest BCUT2D eigenvalue weighted by molar-refractivity contribution is -0.156. The molecule has 29 heavy (non-hydrogen) atoms. The quantitative estimate of drug-likeness (QED) is 0.746. The van der Waals surface area contributed by atoms with Gasteiger partial charge < -0.3 is 14.5 Å². The zero-order valence-corrected chi connectivity index (χ0v) is 17.0. The summed E-state index contributed by atoms with van der Waals surface area (Å²) in [7, 11) is 0. The van der Waals surface area contributed by atoms with Crippen molar-refractivity contribution in [1.82, 2.24) is 15.1 Å². The van der Waals surface area contributed by atoms with Crippen molar-refractivity contribution in [2.75, 3.05) is 0 Å². The smallest absolute Gasteiger partial charge is 0.437 e. The zero-order valence-electron chi connectivity index (χ0n) is 17.0. The first-order chi connectivity index (χ1) is 13.8. The van der Waals surface area contributed by atoms with Crippen LogP contribution < -0.4 is 11.1 Å². The third-order valence-corrected chi connectivity index (χ3v) is 5.62. The van der Waals surface area contributed by atoms with Gasteiger partial charge in [-0.2, -0.15) is 4.68 Å². The molecule has 0 saturated heterocycles. The minimum atomic E-state index is -0.955. The highest BCUT2D eigenvalue weighted by molar-refractivity contribution is 5.83. The Morgan fingerprint density at radius 1 is 1.28 bits per heavy atom. The van der Waals surface area contributed by atoms with Crippen LogP contribution in [0.1, 0.15) is 40.0 Å². The third-order valence-electron chi connectivity index (χ3n) is 5.62. The zero-order chi connectivity index (χ0) is 21.0. The second-order valence-electron chi connectivity index (χ2n) is 7.71. The lowest BCUT2D eigenvalue weighted by Crippen LogP contribution is -2.47. The van der Waals surface area contributed by atoms with E-state index in [-0.39, 0.29) is 17.8 Å². The number of carbonyl (C=O) groups excluding carboxylic acids is 2. The van der Waals surface area contributed by atoms with Crippen molar-refractivity contribution in [3.05, 3.63) is 40.9 Å². The fourth-order valence-corrected chi connectivity index (χ4v) is 3.60. The van der Waals surface area contributed by atoms with Gasteiger partial charge >= 0.3 is 11.7 Å². The Morgan fingerprint density at radius 2 is 2.00 bits per heavy atom. The SMILES string of the molecule is C[C@H]1[C@@H](NC(=O)[C@@H](C)OC(=O)Cn2nc(-c3ccccc3)oc2=O)CCC[C@@H]1C. The number of ether oxygens (including phenoxy) is 1. The Kier molecular flexibility index (Phi) is 6.51. The van der Waals surface area contributed by atoms with Crippen molar-refractivity contribution in [3.63, 3.8) is 0 Å². The number of aromatic nitrogens is 2. The van der Waals surface area contributed by atoms with E-state index in [0.717, 1.165) is 23.9 Å². The van der Waals surface area contributed by atoms with Crippen LogP contribution in [0, 0.1) is 11.8 Å². The summed E-state index contributed by atoms with van der Waals surface area (Å²) in [6, 6.07) is 8.98. The van der Waals surface area contributed by atoms with E-state index >= 15 is 0 Å². The molecule has 1 N–H and O–H groups in total. The van der Waals surface area contributed by atoms with Gasteiger partial charge in [0.15, 0.2) is 6.10 Å². The largest absolute Gasteiger partial charge is 0.451 e. The van der Waals surface area contributed by atoms with Crippen molar-refractivity contribution >= 4 is 11.9 Å². The Labute approximate surface area is 169 Å². The van der Waals surface area contributed by atoms with Crippen molar-refractivity contribution in [3.8, 4) is 11.5 Å². The maximum atomic E-state index is 12.4. The maximum absolute atomic E-state index is 12.4. The first-order valence-corrected chi connectivity index (χ1v) is 9.98. The second-order valence-corrected chi connectivity index (χ2v) is 7.71. The third kappa shape index (κ3) is 5.13. The number of hydrogen-bond donors (Lipinski definition) is 1. The van der Waals surface area contributed by atoms with Crippen molar-refractivity contribution < 1.29 is 18.7 Å². The molecule has 1 aliphatic rings. The number of hydrogen-bond acceptors (Lipinski definition) is 6. The fourth-order valence-electron chi connectivity index (χ4n) is 3.60. The summed E-state index contributed by atoms with van der Waals surface area (Å²) in [6.07, 6.45) is 2.20. The number of nitrogens with one attached hydrogen (secondary N) is 1. The van der Waals surface area contributed by atoms with E-state index in [1.165, 1.54) is 6.92 Å². The molecule has 0 radical (unpaired) electrons. The van der Waals surface area contributed by atoms with Gasteiger partial charge in [-0.05, 0) is 37.3 Å². The molecule has 1 aromatic carbocycles. The number of esters is 1. The van der Waals surface area contributed by atoms with Crippen LogP contribution in [0.5, 0.6) is 0 Å². The van der Waals surface area contributed by atoms with Crippen LogP contribution in [0.4, 0.5) is 0 Å². The highest BCUT2D eigenvalue weighted by atomic mass is 16.5. The van der Waals surface area contributed by atoms with Crippen LogP contribution in [0.25, 0.3) is 11.5 Å². The van der Waals surface area contributed by atoms with Crippen molar-refractivity contribution in [2.45, 2.75) is 58.7 Å². The average molecular weight is 401 g/mol. The molecule has 3 rings (SSSR count). The standard InChI is InChI=1S/C21H27N3O5/c1-13-8-7-11-17(14(13)2)22-19(26)15(3)28-18(25)12-24-21(27)29-20(23-24)16-9-5-4-6-10-16/h4-6,9-10,13-15,17H,7-8,11-12H2,1-3H3,(H,22,26)/t13-,14+,15+,17-/m0/s1. The minimum absolute atomic E-state index is 0.0824. The Morgan fingerprint density at radius 3 is 2.72 bits per heavy atom. The first-order valence-electron chi connectivity index (χ1n) is 9.98. The van der Waals surface area contributed by atoms with Crippen molar-refractivity contribution in [1.29, 1.82) is 0 Å². The molecule has 0 bridgehead atoms. The Hall–Kier alpha value is -2.90. The summed E-state index contributed by atoms with van der Waals surface area (Å²) >= 11 is 0. The molecule has 1 aliphatic carbocycles. The summed E-state index contributed by atoms with van der Waals surface area (Å²) in [4.78, 5) is 36.6. The van der Waals surface area contributed by atoms with Gasteiger partial charge in [0.05, 0.1) is 0 Å². The van der Waals surface area contributed by atoms with Crippen LogP contribution >= 0.6 is 0 Å². The molecule has 1 fully saturated rings. The van der Waals surface area contributed by atoms with Gasteiger partial charge in [0.2, 0.25) is 5.89 Å². The normalized spacial score (nSPS) is 22.7. The van der Waals surface area contributed by atoms with E-state index in [2.05, 4.69) is 24.3 Å². The van der Waals surface area contributed by atoms with Gasteiger partial charge in [0.25, 0.3) is 5.91 Å². The predicted octanol–water partition coefficient (Wildman–Crippen LogP) is 2.38. The lowest BCUT2D eigenvalue weighted by atomic mass is 9.78. The maximum Gasteiger partial charge on any atom is 0.437 e. The molecular weight excluding hydrogens is 374 g/mol. The van der Waals surface area contributed by atoms with E-state index in [1.807, 2.05) is 6.07 Å². The fraction of sp³-hybridized carbons (Fsp3) is 0.524. The summed E-state index contributed by atoms with van der Waals surface area (Å²) < 4.78 is 11.2. The van der Waals surface area contributed by atoms with Gasteiger partial charge in [0.1, 0.15) is 6.54 Å². The van der Waals surface area contributed by atoms with Crippen molar-refractivity contribution in [2.24, 2.45) is 11.8 Å². The highest BCUT2D eigenvalue weighted by Crippen LogP contribution is 2.29. The Balaban J connectivity index is 1.56. The Bertz CT molecular complexity index is 905. The lowest BCUT2D eigenvalue weighted by Gasteiger charge is -2.35. The molecular formula is C21H27N3O5. The molecule has 4 atom stereocenters. The van der Waals surface area contributed by atoms with Crippen LogP contribution in [-0.2, 0) is 20.9 Å². The predicted molar refractivity (Wildman–Crippen MR) is 106 cm³/mol. The topological polar surface area (TPSA) is 103 Å². The number of nitrogens with zero attached hydrogens (tertiary/aromatic N) is 2. The minimum Gasteiger partial charge on any atom is -0.451 e. The molecule has 1 saturated carbocycles. The van der Waals surface area contributed by atoms with Gasteiger partial charge in [-0.1, -0.05) is 44.9 Å². The molecule has 1 aromatic heterocycles. The highest BCUT2D eigenvalue weighted by Gasteiger charge is 2.30. The molecule has 8 heteroatoms. The number of rotatable bonds is 6. The van der Waals surface area contributed by atoms with E-state index in [4.69, 9.17) is 9.15 Å². The van der Waals surface area contributed by atoms with E-state index in [9.17, 15) is 14.4 Å². The summed E-state index contributed by atoms with van der Waals surface area (Å²) in [5.41, 5.74) is 0.625. The first kappa shape index (κ1) is 20.8. The number of amides is 1. The van der Waals surface area contributed by atoms with Gasteiger partial charge in [-0.25, -0.2) is 4.79 Å². The van der Waals surface area contributed by atoms with E-state index < -0.39 is 24.4 Å². The molecule has 1 heterocycles. The van der Waals surface area contributed by atoms with Crippen LogP contribution in [0.15, 0.2) is 39.5 Å². The molecule has 0 aliphatic heterocycles. The summed E-state index contributed by atoms with van der Waals surface area (Å²) in [5, 5.41) is 7.01. The molecule has 0 spiro atoms. The molecule has 2 aromatic rings. The van der Waals surface area contributed by atoms with Gasteiger partial charge in [-0.3, -0.25) is 9.59 Å². The number of carbonyl (C=O) groups is 2. The second kappa shape index (κ2) is 9.07. The average Bonchev–Trinajstić information content (AvgIpc) is 3.06. The van der Waals surface area contributed by atoms with Crippen LogP contribution in [-0.4, -0.2) is 33.8 Å². The van der Waals surface area contributed by atoms with Gasteiger partial charge in [0, 0.05) is 11.6 Å². The monoisotopic (exact) mass is 401 g/mol. The van der Waals surface area contributed by atoms with Crippen LogP contribution in [0.2, 0.25) is 0 Å².